The van der Waals surface area contributed by atoms with Crippen LogP contribution in [0.1, 0.15) is 31.5 Å². The maximum absolute atomic E-state index is 6.30. The highest BCUT2D eigenvalue weighted by Gasteiger charge is 2.35. The highest BCUT2D eigenvalue weighted by Crippen LogP contribution is 2.35. The van der Waals surface area contributed by atoms with Crippen LogP contribution in [0.2, 0.25) is 0 Å². The molecule has 0 N–H and O–H groups in total. The number of ether oxygens (including phenoxy) is 1. The van der Waals surface area contributed by atoms with E-state index in [4.69, 9.17) is 16.3 Å². The third kappa shape index (κ3) is 1.73. The van der Waals surface area contributed by atoms with Gasteiger partial charge in [0, 0.05) is 6.61 Å². The molecule has 0 aliphatic carbocycles. The fourth-order valence-corrected chi connectivity index (χ4v) is 2.86. The molecule has 18 heavy (non-hydrogen) atoms. The first-order valence-corrected chi connectivity index (χ1v) is 6.75. The van der Waals surface area contributed by atoms with Crippen LogP contribution in [0.5, 0.6) is 0 Å². The molecule has 2 atom stereocenters. The summed E-state index contributed by atoms with van der Waals surface area (Å²) in [5.74, 6) is 0.936. The second-order valence-electron chi connectivity index (χ2n) is 5.21. The molecule has 2 unspecified atom stereocenters. The zero-order valence-electron chi connectivity index (χ0n) is 10.7. The number of rotatable bonds is 2. The van der Waals surface area contributed by atoms with Gasteiger partial charge in [0.05, 0.1) is 28.6 Å². The van der Waals surface area contributed by atoms with Gasteiger partial charge in [-0.1, -0.05) is 12.1 Å². The zero-order valence-corrected chi connectivity index (χ0v) is 11.4. The Morgan fingerprint density at radius 3 is 2.89 bits per heavy atom. The first-order chi connectivity index (χ1) is 8.62. The molecule has 0 bridgehead atoms. The lowest BCUT2D eigenvalue weighted by Gasteiger charge is -2.27. The average Bonchev–Trinajstić information content (AvgIpc) is 2.93. The number of halogens is 1. The third-order valence-electron chi connectivity index (χ3n) is 3.68. The van der Waals surface area contributed by atoms with Crippen LogP contribution in [0.15, 0.2) is 24.3 Å². The van der Waals surface area contributed by atoms with Crippen LogP contribution in [-0.4, -0.2) is 22.8 Å². The molecule has 96 valence electrons. The normalized spacial score (nSPS) is 25.7. The molecule has 1 fully saturated rings. The van der Waals surface area contributed by atoms with Crippen molar-refractivity contribution in [1.29, 1.82) is 0 Å². The minimum absolute atomic E-state index is 0.0331. The summed E-state index contributed by atoms with van der Waals surface area (Å²) in [6, 6.07) is 8.20. The van der Waals surface area contributed by atoms with Gasteiger partial charge in [0.15, 0.2) is 0 Å². The largest absolute Gasteiger partial charge is 0.379 e. The average molecular weight is 265 g/mol. The summed E-state index contributed by atoms with van der Waals surface area (Å²) < 4.78 is 7.85. The van der Waals surface area contributed by atoms with Gasteiger partial charge in [-0.2, -0.15) is 0 Å². The minimum Gasteiger partial charge on any atom is -0.379 e. The van der Waals surface area contributed by atoms with E-state index in [0.29, 0.717) is 0 Å². The van der Waals surface area contributed by atoms with Crippen LogP contribution in [-0.2, 0) is 10.3 Å². The Labute approximate surface area is 112 Å². The lowest BCUT2D eigenvalue weighted by molar-refractivity contribution is 0.162. The smallest absolute Gasteiger partial charge is 0.128 e. The summed E-state index contributed by atoms with van der Waals surface area (Å²) in [6.07, 6.45) is 1.00. The Morgan fingerprint density at radius 2 is 2.22 bits per heavy atom. The molecular weight excluding hydrogens is 248 g/mol. The monoisotopic (exact) mass is 264 g/mol. The summed E-state index contributed by atoms with van der Waals surface area (Å²) in [5.41, 5.74) is 2.12. The molecule has 1 saturated heterocycles. The summed E-state index contributed by atoms with van der Waals surface area (Å²) >= 11 is 6.30. The second kappa shape index (κ2) is 4.25. The summed E-state index contributed by atoms with van der Waals surface area (Å²) in [4.78, 5) is 4.68. The molecule has 3 nitrogen and oxygen atoms in total. The maximum Gasteiger partial charge on any atom is 0.128 e. The molecule has 1 aliphatic heterocycles. The van der Waals surface area contributed by atoms with Crippen molar-refractivity contribution in [2.75, 3.05) is 13.2 Å². The minimum atomic E-state index is -0.102. The van der Waals surface area contributed by atoms with Gasteiger partial charge in [-0.25, -0.2) is 4.98 Å². The van der Waals surface area contributed by atoms with Gasteiger partial charge in [0.2, 0.25) is 0 Å². The third-order valence-corrected chi connectivity index (χ3v) is 3.88. The van der Waals surface area contributed by atoms with Crippen molar-refractivity contribution in [3.8, 4) is 0 Å². The number of aromatic nitrogens is 2. The molecule has 1 aromatic carbocycles. The number of nitrogens with zero attached hydrogens (tertiary/aromatic N) is 2. The zero-order chi connectivity index (χ0) is 12.8. The summed E-state index contributed by atoms with van der Waals surface area (Å²) in [5, 5.41) is -0.102. The number of benzene rings is 1. The molecule has 0 saturated carbocycles. The van der Waals surface area contributed by atoms with Crippen LogP contribution < -0.4 is 0 Å². The molecule has 0 amide bonds. The SMILES string of the molecule is CC(Cl)c1nc2ccccc2n1C1(C)CCOC1. The number of imidazole rings is 1. The van der Waals surface area contributed by atoms with E-state index in [-0.39, 0.29) is 10.9 Å². The Morgan fingerprint density at radius 1 is 1.44 bits per heavy atom. The van der Waals surface area contributed by atoms with Crippen molar-refractivity contribution in [2.45, 2.75) is 31.2 Å². The quantitative estimate of drug-likeness (QED) is 0.777. The number of para-hydroxylation sites is 2. The van der Waals surface area contributed by atoms with Crippen molar-refractivity contribution < 1.29 is 4.74 Å². The number of fused-ring (bicyclic) bond motifs is 1. The van der Waals surface area contributed by atoms with E-state index in [1.54, 1.807) is 0 Å². The van der Waals surface area contributed by atoms with E-state index in [0.717, 1.165) is 36.5 Å². The van der Waals surface area contributed by atoms with Gasteiger partial charge in [-0.3, -0.25) is 0 Å². The summed E-state index contributed by atoms with van der Waals surface area (Å²) in [6.45, 7) is 5.72. The number of hydrogen-bond acceptors (Lipinski definition) is 2. The van der Waals surface area contributed by atoms with Crippen LogP contribution in [0.4, 0.5) is 0 Å². The van der Waals surface area contributed by atoms with E-state index >= 15 is 0 Å². The Kier molecular flexibility index (Phi) is 2.83. The van der Waals surface area contributed by atoms with E-state index < -0.39 is 0 Å². The predicted octanol–water partition coefficient (Wildman–Crippen LogP) is 3.47. The van der Waals surface area contributed by atoms with Gasteiger partial charge in [0.25, 0.3) is 0 Å². The molecule has 1 aromatic heterocycles. The molecule has 3 rings (SSSR count). The van der Waals surface area contributed by atoms with E-state index in [1.807, 2.05) is 25.1 Å². The second-order valence-corrected chi connectivity index (χ2v) is 5.86. The lowest BCUT2D eigenvalue weighted by atomic mass is 10.0. The summed E-state index contributed by atoms with van der Waals surface area (Å²) in [7, 11) is 0. The molecular formula is C14H17ClN2O. The van der Waals surface area contributed by atoms with Gasteiger partial charge in [-0.15, -0.1) is 11.6 Å². The Hall–Kier alpha value is -1.06. The Bertz CT molecular complexity index is 570. The van der Waals surface area contributed by atoms with Crippen molar-refractivity contribution >= 4 is 22.6 Å². The van der Waals surface area contributed by atoms with Crippen LogP contribution >= 0.6 is 11.6 Å². The molecule has 2 aromatic rings. The maximum atomic E-state index is 6.30. The molecule has 4 heteroatoms. The highest BCUT2D eigenvalue weighted by atomic mass is 35.5. The first-order valence-electron chi connectivity index (χ1n) is 6.31. The first kappa shape index (κ1) is 12.0. The number of alkyl halides is 1. The van der Waals surface area contributed by atoms with Crippen LogP contribution in [0.25, 0.3) is 11.0 Å². The van der Waals surface area contributed by atoms with Crippen LogP contribution in [0, 0.1) is 0 Å². The van der Waals surface area contributed by atoms with Crippen LogP contribution in [0.3, 0.4) is 0 Å². The highest BCUT2D eigenvalue weighted by molar-refractivity contribution is 6.20. The Balaban J connectivity index is 2.27. The molecule has 0 radical (unpaired) electrons. The molecule has 2 heterocycles. The number of hydrogen-bond donors (Lipinski definition) is 0. The van der Waals surface area contributed by atoms with Gasteiger partial charge in [0.1, 0.15) is 5.82 Å². The van der Waals surface area contributed by atoms with Crippen molar-refractivity contribution in [3.05, 3.63) is 30.1 Å². The lowest BCUT2D eigenvalue weighted by Crippen LogP contribution is -2.32. The van der Waals surface area contributed by atoms with E-state index in [9.17, 15) is 0 Å². The predicted molar refractivity (Wildman–Crippen MR) is 73.1 cm³/mol. The van der Waals surface area contributed by atoms with Crippen molar-refractivity contribution in [2.24, 2.45) is 0 Å². The van der Waals surface area contributed by atoms with Gasteiger partial charge >= 0.3 is 0 Å². The van der Waals surface area contributed by atoms with Gasteiger partial charge < -0.3 is 9.30 Å². The fraction of sp³-hybridized carbons (Fsp3) is 0.500. The van der Waals surface area contributed by atoms with Crippen molar-refractivity contribution in [1.82, 2.24) is 9.55 Å². The standard InChI is InChI=1S/C14H17ClN2O/c1-10(15)13-16-11-5-3-4-6-12(11)17(13)14(2)7-8-18-9-14/h3-6,10H,7-9H2,1-2H3. The van der Waals surface area contributed by atoms with Crippen molar-refractivity contribution in [3.63, 3.8) is 0 Å². The van der Waals surface area contributed by atoms with E-state index in [1.165, 1.54) is 0 Å². The van der Waals surface area contributed by atoms with Gasteiger partial charge in [-0.05, 0) is 32.4 Å². The fourth-order valence-electron chi connectivity index (χ4n) is 2.71. The molecule has 0 spiro atoms. The molecule has 1 aliphatic rings. The topological polar surface area (TPSA) is 27.1 Å². The van der Waals surface area contributed by atoms with E-state index in [2.05, 4.69) is 22.5 Å².